The zero-order chi connectivity index (χ0) is 17.5. The van der Waals surface area contributed by atoms with E-state index in [9.17, 15) is 4.79 Å². The average Bonchev–Trinajstić information content (AvgIpc) is 2.59. The van der Waals surface area contributed by atoms with E-state index in [1.54, 1.807) is 12.3 Å². The molecule has 0 aliphatic rings. The average molecular weight is 327 g/mol. The van der Waals surface area contributed by atoms with E-state index < -0.39 is 0 Å². The first-order valence-corrected chi connectivity index (χ1v) is 8.19. The number of carbonyl (C=O) groups is 1. The van der Waals surface area contributed by atoms with E-state index in [0.717, 1.165) is 16.8 Å². The Morgan fingerprint density at radius 1 is 1.25 bits per heavy atom. The van der Waals surface area contributed by atoms with Crippen molar-refractivity contribution in [1.29, 1.82) is 0 Å². The molecule has 1 aromatic heterocycles. The third-order valence-electron chi connectivity index (χ3n) is 4.00. The van der Waals surface area contributed by atoms with Gasteiger partial charge >= 0.3 is 0 Å². The number of benzene rings is 1. The predicted octanol–water partition coefficient (Wildman–Crippen LogP) is 2.92. The highest BCUT2D eigenvalue weighted by molar-refractivity contribution is 5.97. The van der Waals surface area contributed by atoms with Crippen LogP contribution in [-0.4, -0.2) is 29.1 Å². The first kappa shape index (κ1) is 17.9. The lowest BCUT2D eigenvalue weighted by Gasteiger charge is -2.25. The molecule has 0 aliphatic heterocycles. The highest BCUT2D eigenvalue weighted by Gasteiger charge is 2.18. The molecule has 0 saturated heterocycles. The third-order valence-corrected chi connectivity index (χ3v) is 4.00. The lowest BCUT2D eigenvalue weighted by molar-refractivity contribution is 0.0944. The Balaban J connectivity index is 2.26. The number of aromatic nitrogens is 1. The van der Waals surface area contributed by atoms with Crippen LogP contribution in [0.5, 0.6) is 0 Å². The number of nitrogens with one attached hydrogen (secondary N) is 2. The molecule has 2 aromatic rings. The Kier molecular flexibility index (Phi) is 6.32. The summed E-state index contributed by atoms with van der Waals surface area (Å²) in [5.41, 5.74) is 3.54. The van der Waals surface area contributed by atoms with Gasteiger partial charge in [0.1, 0.15) is 0 Å². The van der Waals surface area contributed by atoms with Gasteiger partial charge in [-0.15, -0.1) is 0 Å². The van der Waals surface area contributed by atoms with Crippen molar-refractivity contribution in [2.45, 2.75) is 26.8 Å². The SMILES string of the molecule is Cc1c(NC(c2cccnc2)C(C)C)cccc1C(=O)NCCO. The second kappa shape index (κ2) is 8.45. The van der Waals surface area contributed by atoms with Crippen molar-refractivity contribution >= 4 is 11.6 Å². The van der Waals surface area contributed by atoms with Gasteiger partial charge in [-0.1, -0.05) is 26.0 Å². The van der Waals surface area contributed by atoms with Gasteiger partial charge in [0.25, 0.3) is 5.91 Å². The van der Waals surface area contributed by atoms with Crippen LogP contribution in [0.15, 0.2) is 42.7 Å². The van der Waals surface area contributed by atoms with Crippen LogP contribution in [0.1, 0.15) is 41.4 Å². The Morgan fingerprint density at radius 2 is 2.04 bits per heavy atom. The minimum absolute atomic E-state index is 0.0703. The molecule has 24 heavy (non-hydrogen) atoms. The van der Waals surface area contributed by atoms with Gasteiger partial charge in [-0.25, -0.2) is 0 Å². The maximum absolute atomic E-state index is 12.2. The Bertz CT molecular complexity index is 672. The highest BCUT2D eigenvalue weighted by Crippen LogP contribution is 2.28. The van der Waals surface area contributed by atoms with E-state index in [0.29, 0.717) is 11.5 Å². The predicted molar refractivity (Wildman–Crippen MR) is 96.0 cm³/mol. The minimum atomic E-state index is -0.173. The molecule has 0 fully saturated rings. The molecule has 3 N–H and O–H groups in total. The first-order valence-electron chi connectivity index (χ1n) is 8.19. The summed E-state index contributed by atoms with van der Waals surface area (Å²) in [6, 6.07) is 9.72. The van der Waals surface area contributed by atoms with Gasteiger partial charge in [-0.3, -0.25) is 9.78 Å². The van der Waals surface area contributed by atoms with Crippen molar-refractivity contribution in [3.63, 3.8) is 0 Å². The molecule has 0 saturated carbocycles. The number of aliphatic hydroxyl groups is 1. The number of anilines is 1. The summed E-state index contributed by atoms with van der Waals surface area (Å²) < 4.78 is 0. The number of pyridine rings is 1. The second-order valence-corrected chi connectivity index (χ2v) is 6.11. The minimum Gasteiger partial charge on any atom is -0.395 e. The van der Waals surface area contributed by atoms with E-state index >= 15 is 0 Å². The summed E-state index contributed by atoms with van der Waals surface area (Å²) in [6.07, 6.45) is 3.63. The Labute approximate surface area is 143 Å². The number of carbonyl (C=O) groups excluding carboxylic acids is 1. The second-order valence-electron chi connectivity index (χ2n) is 6.11. The van der Waals surface area contributed by atoms with Crippen LogP contribution in [-0.2, 0) is 0 Å². The Morgan fingerprint density at radius 3 is 2.67 bits per heavy atom. The summed E-state index contributed by atoms with van der Waals surface area (Å²) in [6.45, 7) is 6.41. The monoisotopic (exact) mass is 327 g/mol. The van der Waals surface area contributed by atoms with Gasteiger partial charge in [0, 0.05) is 30.2 Å². The van der Waals surface area contributed by atoms with E-state index in [4.69, 9.17) is 5.11 Å². The van der Waals surface area contributed by atoms with Gasteiger partial charge in [0.2, 0.25) is 0 Å². The smallest absolute Gasteiger partial charge is 0.251 e. The summed E-state index contributed by atoms with van der Waals surface area (Å²) in [7, 11) is 0. The van der Waals surface area contributed by atoms with Gasteiger partial charge in [0.05, 0.1) is 12.6 Å². The number of rotatable bonds is 7. The fourth-order valence-electron chi connectivity index (χ4n) is 2.67. The normalized spacial score (nSPS) is 12.0. The molecule has 1 unspecified atom stereocenters. The molecule has 5 heteroatoms. The third kappa shape index (κ3) is 4.32. The number of hydrogen-bond donors (Lipinski definition) is 3. The van der Waals surface area contributed by atoms with Crippen LogP contribution < -0.4 is 10.6 Å². The number of hydrogen-bond acceptors (Lipinski definition) is 4. The summed E-state index contributed by atoms with van der Waals surface area (Å²) >= 11 is 0. The topological polar surface area (TPSA) is 74.2 Å². The zero-order valence-electron chi connectivity index (χ0n) is 14.4. The van der Waals surface area contributed by atoms with Crippen LogP contribution in [0.25, 0.3) is 0 Å². The molecule has 1 atom stereocenters. The molecule has 0 bridgehead atoms. The van der Waals surface area contributed by atoms with Crippen LogP contribution in [0, 0.1) is 12.8 Å². The fraction of sp³-hybridized carbons (Fsp3) is 0.368. The standard InChI is InChI=1S/C19H25N3O2/c1-13(2)18(15-6-5-9-20-12-15)22-17-8-4-7-16(14(17)3)19(24)21-10-11-23/h4-9,12-13,18,22-23H,10-11H2,1-3H3,(H,21,24). The molecule has 1 aromatic carbocycles. The summed E-state index contributed by atoms with van der Waals surface area (Å²) in [5.74, 6) is 0.188. The van der Waals surface area contributed by atoms with Crippen molar-refractivity contribution in [2.24, 2.45) is 5.92 Å². The lowest BCUT2D eigenvalue weighted by Crippen LogP contribution is -2.27. The zero-order valence-corrected chi connectivity index (χ0v) is 14.4. The maximum Gasteiger partial charge on any atom is 0.251 e. The van der Waals surface area contributed by atoms with Crippen LogP contribution in [0.4, 0.5) is 5.69 Å². The van der Waals surface area contributed by atoms with Gasteiger partial charge in [-0.2, -0.15) is 0 Å². The summed E-state index contributed by atoms with van der Waals surface area (Å²) in [5, 5.41) is 15.1. The van der Waals surface area contributed by atoms with Crippen LogP contribution in [0.2, 0.25) is 0 Å². The number of nitrogens with zero attached hydrogens (tertiary/aromatic N) is 1. The molecule has 5 nitrogen and oxygen atoms in total. The van der Waals surface area contributed by atoms with Crippen molar-refractivity contribution in [1.82, 2.24) is 10.3 Å². The van der Waals surface area contributed by atoms with E-state index in [2.05, 4.69) is 35.5 Å². The van der Waals surface area contributed by atoms with Crippen molar-refractivity contribution < 1.29 is 9.90 Å². The van der Waals surface area contributed by atoms with Crippen molar-refractivity contribution in [2.75, 3.05) is 18.5 Å². The van der Waals surface area contributed by atoms with Crippen LogP contribution in [0.3, 0.4) is 0 Å². The molecule has 1 heterocycles. The van der Waals surface area contributed by atoms with Crippen molar-refractivity contribution in [3.05, 3.63) is 59.4 Å². The number of aliphatic hydroxyl groups excluding tert-OH is 1. The highest BCUT2D eigenvalue weighted by atomic mass is 16.3. The van der Waals surface area contributed by atoms with Crippen molar-refractivity contribution in [3.8, 4) is 0 Å². The molecule has 0 aliphatic carbocycles. The molecule has 128 valence electrons. The first-order chi connectivity index (χ1) is 11.5. The molecule has 1 amide bonds. The molecule has 0 spiro atoms. The molecular weight excluding hydrogens is 302 g/mol. The van der Waals surface area contributed by atoms with E-state index in [1.165, 1.54) is 0 Å². The quantitative estimate of drug-likeness (QED) is 0.731. The van der Waals surface area contributed by atoms with Gasteiger partial charge < -0.3 is 15.7 Å². The van der Waals surface area contributed by atoms with E-state index in [-0.39, 0.29) is 25.1 Å². The van der Waals surface area contributed by atoms with Crippen LogP contribution >= 0.6 is 0 Å². The molecule has 0 radical (unpaired) electrons. The van der Waals surface area contributed by atoms with E-state index in [1.807, 2.05) is 31.3 Å². The summed E-state index contributed by atoms with van der Waals surface area (Å²) in [4.78, 5) is 16.4. The van der Waals surface area contributed by atoms with Gasteiger partial charge in [0.15, 0.2) is 0 Å². The molecule has 2 rings (SSSR count). The Hall–Kier alpha value is -2.40. The lowest BCUT2D eigenvalue weighted by atomic mass is 9.96. The maximum atomic E-state index is 12.2. The largest absolute Gasteiger partial charge is 0.395 e. The molecular formula is C19H25N3O2. The number of amides is 1. The fourth-order valence-corrected chi connectivity index (χ4v) is 2.67. The van der Waals surface area contributed by atoms with Gasteiger partial charge in [-0.05, 0) is 42.2 Å².